The second kappa shape index (κ2) is 18.8. The fourth-order valence-corrected chi connectivity index (χ4v) is 12.8. The van der Waals surface area contributed by atoms with E-state index in [2.05, 4.69) is 86.0 Å². The van der Waals surface area contributed by atoms with Crippen LogP contribution in [0.15, 0.2) is 77.9 Å². The van der Waals surface area contributed by atoms with Gasteiger partial charge in [-0.05, 0) is 144 Å². The van der Waals surface area contributed by atoms with Gasteiger partial charge in [0.25, 0.3) is 11.5 Å². The van der Waals surface area contributed by atoms with E-state index in [4.69, 9.17) is 4.98 Å². The number of hydrogen-bond donors (Lipinski definition) is 2. The van der Waals surface area contributed by atoms with Crippen LogP contribution in [0.5, 0.6) is 0 Å². The van der Waals surface area contributed by atoms with E-state index in [1.807, 2.05) is 50.4 Å². The molecule has 71 heavy (non-hydrogen) atoms. The van der Waals surface area contributed by atoms with E-state index in [0.717, 1.165) is 148 Å². The summed E-state index contributed by atoms with van der Waals surface area (Å²) >= 11 is 0. The molecule has 6 aliphatic heterocycles. The summed E-state index contributed by atoms with van der Waals surface area (Å²) in [6.07, 6.45) is 9.11. The first-order valence-electron chi connectivity index (χ1n) is 26.1. The van der Waals surface area contributed by atoms with Crippen molar-refractivity contribution in [3.8, 4) is 5.69 Å². The molecule has 0 radical (unpaired) electrons. The van der Waals surface area contributed by atoms with Crippen LogP contribution in [-0.4, -0.2) is 128 Å². The third-order valence-corrected chi connectivity index (χ3v) is 17.1. The molecule has 4 saturated heterocycles. The molecule has 0 aliphatic carbocycles. The van der Waals surface area contributed by atoms with Gasteiger partial charge in [0.15, 0.2) is 0 Å². The largest absolute Gasteiger partial charge is 0.384 e. The van der Waals surface area contributed by atoms with Crippen molar-refractivity contribution >= 4 is 46.0 Å². The predicted molar refractivity (Wildman–Crippen MR) is 275 cm³/mol. The Kier molecular flexibility index (Phi) is 12.5. The van der Waals surface area contributed by atoms with Crippen molar-refractivity contribution in [1.29, 1.82) is 0 Å². The van der Waals surface area contributed by atoms with Crippen LogP contribution < -0.4 is 21.1 Å². The van der Waals surface area contributed by atoms with Crippen LogP contribution in [0, 0.1) is 5.92 Å². The summed E-state index contributed by atoms with van der Waals surface area (Å²) in [4.78, 5) is 81.6. The van der Waals surface area contributed by atoms with Crippen LogP contribution >= 0.6 is 0 Å². The SMILES string of the molecule is C[C@H]1CN(Cc2ccc3c(c2)C(C)(C)C(=O)N3[C@H]2CCC(=O)NC2=O)CCN1CC1CCN(C(=O)c2ccc(C3CCN([C@@H](C)c4cc5c(-n6ccc7c(c6=O)CCN7)ccnc5n4C)CC3)cc2)CC1. The number of carbonyl (C=O) groups excluding carboxylic acids is 4. The van der Waals surface area contributed by atoms with Crippen molar-refractivity contribution in [3.05, 3.63) is 117 Å². The van der Waals surface area contributed by atoms with Crippen LogP contribution in [0.2, 0.25) is 0 Å². The number of piperidine rings is 3. The molecule has 0 bridgehead atoms. The lowest BCUT2D eigenvalue weighted by molar-refractivity contribution is -0.136. The number of nitrogens with one attached hydrogen (secondary N) is 2. The maximum absolute atomic E-state index is 13.8. The number of anilines is 2. The molecule has 15 nitrogen and oxygen atoms in total. The quantitative estimate of drug-likeness (QED) is 0.157. The van der Waals surface area contributed by atoms with Crippen molar-refractivity contribution in [2.45, 2.75) is 109 Å². The lowest BCUT2D eigenvalue weighted by Gasteiger charge is -2.42. The van der Waals surface area contributed by atoms with Crippen molar-refractivity contribution < 1.29 is 19.2 Å². The molecule has 15 heteroatoms. The summed E-state index contributed by atoms with van der Waals surface area (Å²) in [5.74, 6) is 0.352. The van der Waals surface area contributed by atoms with Gasteiger partial charge >= 0.3 is 0 Å². The molecule has 372 valence electrons. The molecular weight excluding hydrogens is 893 g/mol. The molecule has 4 fully saturated rings. The zero-order valence-electron chi connectivity index (χ0n) is 42.0. The smallest absolute Gasteiger partial charge is 0.260 e. The highest BCUT2D eigenvalue weighted by Gasteiger charge is 2.49. The highest BCUT2D eigenvalue weighted by atomic mass is 16.2. The van der Waals surface area contributed by atoms with Gasteiger partial charge in [-0.25, -0.2) is 4.98 Å². The van der Waals surface area contributed by atoms with Gasteiger partial charge in [-0.1, -0.05) is 24.3 Å². The van der Waals surface area contributed by atoms with Crippen molar-refractivity contribution in [1.82, 2.24) is 39.0 Å². The maximum Gasteiger partial charge on any atom is 0.260 e. The average Bonchev–Trinajstić information content (AvgIpc) is 4.05. The molecule has 3 aromatic heterocycles. The molecule has 5 aromatic rings. The Labute approximate surface area is 416 Å². The molecule has 6 aliphatic rings. The number of nitrogens with zero attached hydrogens (tertiary/aromatic N) is 8. The Balaban J connectivity index is 0.641. The third-order valence-electron chi connectivity index (χ3n) is 17.1. The second-order valence-electron chi connectivity index (χ2n) is 21.8. The Morgan fingerprint density at radius 2 is 1.63 bits per heavy atom. The fraction of sp³-hybridized carbons (Fsp3) is 0.500. The fourth-order valence-electron chi connectivity index (χ4n) is 12.8. The van der Waals surface area contributed by atoms with Gasteiger partial charge in [-0.15, -0.1) is 0 Å². The van der Waals surface area contributed by atoms with Gasteiger partial charge < -0.3 is 14.8 Å². The molecule has 3 atom stereocenters. The van der Waals surface area contributed by atoms with Gasteiger partial charge in [0.05, 0.1) is 11.1 Å². The monoisotopic (exact) mass is 961 g/mol. The van der Waals surface area contributed by atoms with E-state index in [1.165, 1.54) is 11.3 Å². The summed E-state index contributed by atoms with van der Waals surface area (Å²) in [6.45, 7) is 17.5. The number of aromatic nitrogens is 3. The Bertz CT molecular complexity index is 2960. The standard InChI is InChI=1S/C56H68N10O5/c1-35-32-61(33-38-6-11-47-44(30-38)56(3,4)55(71)66(47)48-12-13-50(67)59-52(48)68)28-29-64(35)34-37-16-23-63(24-17-37)53(69)41-9-7-39(8-10-41)40-18-25-62(26-19-40)36(2)49-31-43-46(15-22-58-51(43)60(49)5)65-27-20-45-42(54(65)70)14-21-57-45/h6-11,15,20,22,27,30-31,35-37,40,48,57H,12-14,16-19,21,23-26,28-29,32-34H2,1-5H3,(H,59,67,68)/t35-,36-,48-/m0/s1. The minimum Gasteiger partial charge on any atom is -0.384 e. The van der Waals surface area contributed by atoms with E-state index < -0.39 is 17.4 Å². The highest BCUT2D eigenvalue weighted by Crippen LogP contribution is 2.44. The number of amides is 4. The normalized spacial score (nSPS) is 23.0. The number of fused-ring (bicyclic) bond motifs is 3. The Morgan fingerprint density at radius 3 is 2.38 bits per heavy atom. The first kappa shape index (κ1) is 47.2. The van der Waals surface area contributed by atoms with E-state index in [9.17, 15) is 24.0 Å². The van der Waals surface area contributed by atoms with Crippen LogP contribution in [-0.2, 0) is 39.8 Å². The topological polar surface area (TPSA) is 148 Å². The maximum atomic E-state index is 13.8. The molecule has 2 N–H and O–H groups in total. The van der Waals surface area contributed by atoms with E-state index in [1.54, 1.807) is 15.7 Å². The Hall–Kier alpha value is -6.16. The average molecular weight is 961 g/mol. The molecular formula is C56H68N10O5. The number of aryl methyl sites for hydroxylation is 1. The number of likely N-dealkylation sites (tertiary alicyclic amines) is 2. The molecule has 2 aromatic carbocycles. The minimum absolute atomic E-state index is 0.0353. The predicted octanol–water partition coefficient (Wildman–Crippen LogP) is 6.12. The highest BCUT2D eigenvalue weighted by molar-refractivity contribution is 6.13. The van der Waals surface area contributed by atoms with Gasteiger partial charge in [0.1, 0.15) is 11.7 Å². The number of imide groups is 1. The van der Waals surface area contributed by atoms with Crippen molar-refractivity contribution in [3.63, 3.8) is 0 Å². The van der Waals surface area contributed by atoms with Crippen LogP contribution in [0.1, 0.15) is 116 Å². The molecule has 4 amide bonds. The summed E-state index contributed by atoms with van der Waals surface area (Å²) in [5, 5.41) is 6.72. The number of carbonyl (C=O) groups is 4. The molecule has 9 heterocycles. The van der Waals surface area contributed by atoms with E-state index in [0.29, 0.717) is 24.3 Å². The molecule has 0 spiro atoms. The summed E-state index contributed by atoms with van der Waals surface area (Å²) < 4.78 is 3.96. The van der Waals surface area contributed by atoms with Crippen LogP contribution in [0.4, 0.5) is 11.4 Å². The van der Waals surface area contributed by atoms with E-state index >= 15 is 0 Å². The zero-order chi connectivity index (χ0) is 49.3. The number of piperazine rings is 1. The summed E-state index contributed by atoms with van der Waals surface area (Å²) in [6, 6.07) is 20.8. The number of rotatable bonds is 10. The zero-order valence-corrected chi connectivity index (χ0v) is 42.0. The lowest BCUT2D eigenvalue weighted by atomic mass is 9.85. The van der Waals surface area contributed by atoms with Gasteiger partial charge in [0.2, 0.25) is 17.7 Å². The first-order chi connectivity index (χ1) is 34.2. The van der Waals surface area contributed by atoms with Gasteiger partial charge in [-0.3, -0.25) is 53.5 Å². The number of benzene rings is 2. The first-order valence-corrected chi connectivity index (χ1v) is 26.1. The van der Waals surface area contributed by atoms with E-state index in [-0.39, 0.29) is 35.7 Å². The minimum atomic E-state index is -0.761. The summed E-state index contributed by atoms with van der Waals surface area (Å²) in [7, 11) is 2.08. The van der Waals surface area contributed by atoms with Gasteiger partial charge in [0, 0.05) is 124 Å². The number of hydrogen-bond acceptors (Lipinski definition) is 10. The second-order valence-corrected chi connectivity index (χ2v) is 21.8. The number of pyridine rings is 2. The Morgan fingerprint density at radius 1 is 0.859 bits per heavy atom. The lowest BCUT2D eigenvalue weighted by Crippen LogP contribution is -2.55. The van der Waals surface area contributed by atoms with Crippen LogP contribution in [0.3, 0.4) is 0 Å². The molecule has 0 saturated carbocycles. The van der Waals surface area contributed by atoms with Crippen molar-refractivity contribution in [2.75, 3.05) is 69.1 Å². The van der Waals surface area contributed by atoms with Crippen LogP contribution in [0.25, 0.3) is 16.7 Å². The summed E-state index contributed by atoms with van der Waals surface area (Å²) in [5.41, 5.74) is 8.94. The third kappa shape index (κ3) is 8.67. The van der Waals surface area contributed by atoms with Crippen molar-refractivity contribution in [2.24, 2.45) is 13.0 Å². The molecule has 0 unspecified atom stereocenters. The van der Waals surface area contributed by atoms with Gasteiger partial charge in [-0.2, -0.15) is 0 Å². The molecule has 11 rings (SSSR count).